The number of anilines is 3. The molecule has 0 atom stereocenters. The topological polar surface area (TPSA) is 89.6 Å². The summed E-state index contributed by atoms with van der Waals surface area (Å²) < 4.78 is 0. The molecule has 2 heterocycles. The molecule has 0 aliphatic rings. The summed E-state index contributed by atoms with van der Waals surface area (Å²) in [4.78, 5) is 18.5. The number of hydrogen-bond acceptors (Lipinski definition) is 7. The van der Waals surface area contributed by atoms with E-state index in [1.54, 1.807) is 11.8 Å². The Labute approximate surface area is 161 Å². The Hall–Kier alpha value is -3.19. The normalized spacial score (nSPS) is 10.9. The number of pyridine rings is 1. The highest BCUT2D eigenvalue weighted by molar-refractivity contribution is 7.98. The summed E-state index contributed by atoms with van der Waals surface area (Å²) in [5.41, 5.74) is 8.91. The second-order valence-electron chi connectivity index (χ2n) is 5.99. The Kier molecular flexibility index (Phi) is 4.84. The lowest BCUT2D eigenvalue weighted by molar-refractivity contribution is 0.981. The van der Waals surface area contributed by atoms with Gasteiger partial charge in [-0.25, -0.2) is 0 Å². The maximum Gasteiger partial charge on any atom is 0.232 e. The van der Waals surface area contributed by atoms with E-state index in [-0.39, 0.29) is 5.95 Å². The quantitative estimate of drug-likeness (QED) is 0.502. The third-order valence-corrected chi connectivity index (χ3v) is 5.13. The van der Waals surface area contributed by atoms with Gasteiger partial charge in [0, 0.05) is 22.2 Å². The lowest BCUT2D eigenvalue weighted by atomic mass is 10.2. The molecule has 0 saturated carbocycles. The Morgan fingerprint density at radius 1 is 0.963 bits per heavy atom. The largest absolute Gasteiger partial charge is 0.368 e. The third kappa shape index (κ3) is 3.98. The molecule has 0 fully saturated rings. The van der Waals surface area contributed by atoms with E-state index in [9.17, 15) is 0 Å². The number of fused-ring (bicyclic) bond motifs is 1. The van der Waals surface area contributed by atoms with E-state index in [1.165, 1.54) is 0 Å². The fourth-order valence-corrected chi connectivity index (χ4v) is 3.63. The number of nitrogens with two attached hydrogens (primary N) is 1. The monoisotopic (exact) mass is 374 g/mol. The van der Waals surface area contributed by atoms with Crippen LogP contribution in [0.5, 0.6) is 0 Å². The number of thioether (sulfide) groups is 1. The molecule has 0 bridgehead atoms. The molecule has 0 amide bonds. The van der Waals surface area contributed by atoms with E-state index in [0.29, 0.717) is 17.5 Å². The minimum atomic E-state index is 0.205. The molecule has 2 aromatic heterocycles. The summed E-state index contributed by atoms with van der Waals surface area (Å²) in [6, 6.07) is 18.0. The number of nitrogen functional groups attached to an aromatic ring is 1. The minimum absolute atomic E-state index is 0.205. The zero-order valence-electron chi connectivity index (χ0n) is 14.8. The van der Waals surface area contributed by atoms with E-state index < -0.39 is 0 Å². The predicted molar refractivity (Wildman–Crippen MR) is 110 cm³/mol. The number of para-hydroxylation sites is 2. The summed E-state index contributed by atoms with van der Waals surface area (Å²) in [5, 5.41) is 4.34. The molecule has 2 aromatic carbocycles. The first-order valence-electron chi connectivity index (χ1n) is 8.49. The maximum absolute atomic E-state index is 5.89. The highest BCUT2D eigenvalue weighted by Crippen LogP contribution is 2.28. The fraction of sp³-hybridized carbons (Fsp3) is 0.100. The van der Waals surface area contributed by atoms with Crippen molar-refractivity contribution in [1.29, 1.82) is 0 Å². The highest BCUT2D eigenvalue weighted by atomic mass is 32.2. The fourth-order valence-electron chi connectivity index (χ4n) is 2.73. The van der Waals surface area contributed by atoms with Gasteiger partial charge in [0.15, 0.2) is 0 Å². The van der Waals surface area contributed by atoms with Gasteiger partial charge in [0.2, 0.25) is 11.9 Å². The highest BCUT2D eigenvalue weighted by Gasteiger charge is 2.08. The van der Waals surface area contributed by atoms with E-state index in [2.05, 4.69) is 31.3 Å². The Balaban J connectivity index is 1.56. The first kappa shape index (κ1) is 17.2. The van der Waals surface area contributed by atoms with Gasteiger partial charge in [0.25, 0.3) is 0 Å². The molecule has 0 spiro atoms. The smallest absolute Gasteiger partial charge is 0.232 e. The molecule has 3 N–H and O–H groups in total. The predicted octanol–water partition coefficient (Wildman–Crippen LogP) is 4.35. The maximum atomic E-state index is 5.89. The molecule has 0 unspecified atom stereocenters. The molecule has 0 aliphatic carbocycles. The first-order valence-corrected chi connectivity index (χ1v) is 9.47. The van der Waals surface area contributed by atoms with E-state index in [4.69, 9.17) is 5.73 Å². The van der Waals surface area contributed by atoms with Crippen molar-refractivity contribution >= 4 is 40.2 Å². The molecule has 134 valence electrons. The van der Waals surface area contributed by atoms with Gasteiger partial charge in [-0.1, -0.05) is 36.4 Å². The molecule has 4 rings (SSSR count). The number of nitrogens with zero attached hydrogens (tertiary/aromatic N) is 4. The van der Waals surface area contributed by atoms with Crippen LogP contribution in [0.4, 0.5) is 17.6 Å². The van der Waals surface area contributed by atoms with Crippen molar-refractivity contribution in [3.05, 3.63) is 72.2 Å². The lowest BCUT2D eigenvalue weighted by Crippen LogP contribution is -2.07. The van der Waals surface area contributed by atoms with Crippen LogP contribution < -0.4 is 11.1 Å². The first-order chi connectivity index (χ1) is 13.2. The molecule has 0 radical (unpaired) electrons. The number of nitrogens with one attached hydrogen (secondary N) is 1. The van der Waals surface area contributed by atoms with Gasteiger partial charge in [-0.3, -0.25) is 4.98 Å². The van der Waals surface area contributed by atoms with Crippen molar-refractivity contribution in [3.63, 3.8) is 0 Å². The van der Waals surface area contributed by atoms with Gasteiger partial charge in [-0.05, 0) is 30.7 Å². The zero-order chi connectivity index (χ0) is 18.6. The van der Waals surface area contributed by atoms with Crippen LogP contribution in [-0.4, -0.2) is 19.9 Å². The van der Waals surface area contributed by atoms with Gasteiger partial charge in [-0.15, -0.1) is 11.8 Å². The standard InChI is InChI=1S/C20H18N6S/c1-13-6-2-4-8-15(13)23-20-25-18(24-19(21)26-20)12-27-17-10-11-22-16-9-5-3-7-14(16)17/h2-11H,12H2,1H3,(H3,21,23,24,25,26). The molecular formula is C20H18N6S. The van der Waals surface area contributed by atoms with E-state index in [1.807, 2.05) is 61.7 Å². The molecule has 7 heteroatoms. The summed E-state index contributed by atoms with van der Waals surface area (Å²) in [7, 11) is 0. The molecular weight excluding hydrogens is 356 g/mol. The number of rotatable bonds is 5. The van der Waals surface area contributed by atoms with Crippen molar-refractivity contribution in [2.45, 2.75) is 17.6 Å². The molecule has 4 aromatic rings. The lowest BCUT2D eigenvalue weighted by Gasteiger charge is -2.10. The van der Waals surface area contributed by atoms with Crippen molar-refractivity contribution in [1.82, 2.24) is 19.9 Å². The van der Waals surface area contributed by atoms with Crippen LogP contribution in [0.15, 0.2) is 65.7 Å². The molecule has 0 aliphatic heterocycles. The minimum Gasteiger partial charge on any atom is -0.368 e. The van der Waals surface area contributed by atoms with Gasteiger partial charge >= 0.3 is 0 Å². The molecule has 27 heavy (non-hydrogen) atoms. The van der Waals surface area contributed by atoms with Crippen LogP contribution in [0.25, 0.3) is 10.9 Å². The molecule has 6 nitrogen and oxygen atoms in total. The van der Waals surface area contributed by atoms with Gasteiger partial charge < -0.3 is 11.1 Å². The van der Waals surface area contributed by atoms with Crippen molar-refractivity contribution in [2.75, 3.05) is 11.1 Å². The SMILES string of the molecule is Cc1ccccc1Nc1nc(N)nc(CSc2ccnc3ccccc23)n1. The third-order valence-electron chi connectivity index (χ3n) is 4.06. The van der Waals surface area contributed by atoms with Crippen molar-refractivity contribution < 1.29 is 0 Å². The summed E-state index contributed by atoms with van der Waals surface area (Å²) in [6.07, 6.45) is 1.82. The van der Waals surface area contributed by atoms with Crippen LogP contribution in [0, 0.1) is 6.92 Å². The van der Waals surface area contributed by atoms with Gasteiger partial charge in [0.1, 0.15) is 5.82 Å². The summed E-state index contributed by atoms with van der Waals surface area (Å²) in [6.45, 7) is 2.03. The Morgan fingerprint density at radius 2 is 1.78 bits per heavy atom. The van der Waals surface area contributed by atoms with Gasteiger partial charge in [-0.2, -0.15) is 15.0 Å². The second-order valence-corrected chi connectivity index (χ2v) is 7.01. The van der Waals surface area contributed by atoms with Crippen LogP contribution in [0.2, 0.25) is 0 Å². The average molecular weight is 374 g/mol. The van der Waals surface area contributed by atoms with Crippen LogP contribution >= 0.6 is 11.8 Å². The Bertz CT molecular complexity index is 1090. The summed E-state index contributed by atoms with van der Waals surface area (Å²) >= 11 is 1.65. The average Bonchev–Trinajstić information content (AvgIpc) is 2.68. The summed E-state index contributed by atoms with van der Waals surface area (Å²) in [5.74, 6) is 1.87. The van der Waals surface area contributed by atoms with Crippen LogP contribution in [0.1, 0.15) is 11.4 Å². The number of hydrogen-bond donors (Lipinski definition) is 2. The van der Waals surface area contributed by atoms with Crippen molar-refractivity contribution in [2.24, 2.45) is 0 Å². The number of aromatic nitrogens is 4. The molecule has 0 saturated heterocycles. The second kappa shape index (κ2) is 7.59. The van der Waals surface area contributed by atoms with Crippen molar-refractivity contribution in [3.8, 4) is 0 Å². The number of aryl methyl sites for hydroxylation is 1. The van der Waals surface area contributed by atoms with Gasteiger partial charge in [0.05, 0.1) is 11.3 Å². The van der Waals surface area contributed by atoms with Crippen LogP contribution in [0.3, 0.4) is 0 Å². The number of benzene rings is 2. The Morgan fingerprint density at radius 3 is 2.67 bits per heavy atom. The zero-order valence-corrected chi connectivity index (χ0v) is 15.6. The van der Waals surface area contributed by atoms with E-state index in [0.717, 1.165) is 27.0 Å². The van der Waals surface area contributed by atoms with Crippen LogP contribution in [-0.2, 0) is 5.75 Å². The van der Waals surface area contributed by atoms with E-state index >= 15 is 0 Å².